The first-order valence-electron chi connectivity index (χ1n) is 8.72. The number of nitrogens with one attached hydrogen (secondary N) is 1. The van der Waals surface area contributed by atoms with Crippen LogP contribution in [0.5, 0.6) is 5.75 Å². The SMILES string of the molecule is CCOCc1cc(C=C2NC(=S)N(c3ccc(C)cc3)C2=O)ccc1OC. The molecule has 1 aliphatic rings. The van der Waals surface area contributed by atoms with Crippen LogP contribution in [0.4, 0.5) is 5.69 Å². The lowest BCUT2D eigenvalue weighted by molar-refractivity contribution is -0.113. The summed E-state index contributed by atoms with van der Waals surface area (Å²) in [7, 11) is 1.63. The fourth-order valence-electron chi connectivity index (χ4n) is 2.84. The Kier molecular flexibility index (Phi) is 5.88. The minimum Gasteiger partial charge on any atom is -0.496 e. The average Bonchev–Trinajstić information content (AvgIpc) is 2.94. The minimum absolute atomic E-state index is 0.175. The van der Waals surface area contributed by atoms with Crippen LogP contribution < -0.4 is 15.0 Å². The molecule has 0 aromatic heterocycles. The zero-order valence-electron chi connectivity index (χ0n) is 15.6. The van der Waals surface area contributed by atoms with Crippen molar-refractivity contribution in [2.75, 3.05) is 18.6 Å². The summed E-state index contributed by atoms with van der Waals surface area (Å²) >= 11 is 5.36. The number of anilines is 1. The van der Waals surface area contributed by atoms with Crippen LogP contribution in [0.3, 0.4) is 0 Å². The number of ether oxygens (including phenoxy) is 2. The van der Waals surface area contributed by atoms with Gasteiger partial charge < -0.3 is 14.8 Å². The quantitative estimate of drug-likeness (QED) is 0.608. The molecule has 2 aromatic rings. The van der Waals surface area contributed by atoms with Gasteiger partial charge in [-0.1, -0.05) is 23.8 Å². The van der Waals surface area contributed by atoms with E-state index in [9.17, 15) is 4.79 Å². The van der Waals surface area contributed by atoms with Crippen molar-refractivity contribution >= 4 is 35.0 Å². The number of hydrogen-bond acceptors (Lipinski definition) is 4. The van der Waals surface area contributed by atoms with Gasteiger partial charge in [-0.05, 0) is 62.0 Å². The Morgan fingerprint density at radius 2 is 1.93 bits per heavy atom. The lowest BCUT2D eigenvalue weighted by Crippen LogP contribution is -2.30. The molecule has 0 radical (unpaired) electrons. The third-order valence-electron chi connectivity index (χ3n) is 4.25. The number of benzene rings is 2. The second kappa shape index (κ2) is 8.33. The molecule has 0 aliphatic carbocycles. The Labute approximate surface area is 164 Å². The number of amides is 1. The van der Waals surface area contributed by atoms with Gasteiger partial charge in [0, 0.05) is 12.2 Å². The Morgan fingerprint density at radius 1 is 1.19 bits per heavy atom. The smallest absolute Gasteiger partial charge is 0.281 e. The van der Waals surface area contributed by atoms with E-state index in [0.717, 1.165) is 28.1 Å². The van der Waals surface area contributed by atoms with Crippen molar-refractivity contribution in [3.8, 4) is 5.75 Å². The molecule has 6 heteroatoms. The van der Waals surface area contributed by atoms with Crippen LogP contribution in [0.25, 0.3) is 6.08 Å². The molecule has 0 bridgehead atoms. The van der Waals surface area contributed by atoms with Gasteiger partial charge in [-0.3, -0.25) is 9.69 Å². The zero-order valence-corrected chi connectivity index (χ0v) is 16.4. The highest BCUT2D eigenvalue weighted by Crippen LogP contribution is 2.25. The average molecular weight is 382 g/mol. The van der Waals surface area contributed by atoms with Gasteiger partial charge in [-0.25, -0.2) is 0 Å². The normalized spacial score (nSPS) is 15.4. The molecule has 0 unspecified atom stereocenters. The van der Waals surface area contributed by atoms with E-state index in [-0.39, 0.29) is 5.91 Å². The molecule has 1 fully saturated rings. The van der Waals surface area contributed by atoms with E-state index >= 15 is 0 Å². The maximum atomic E-state index is 12.8. The van der Waals surface area contributed by atoms with E-state index in [1.165, 1.54) is 4.90 Å². The second-order valence-corrected chi connectivity index (χ2v) is 6.56. The number of thiocarbonyl (C=S) groups is 1. The molecule has 1 N–H and O–H groups in total. The predicted molar refractivity (Wildman–Crippen MR) is 111 cm³/mol. The van der Waals surface area contributed by atoms with Crippen molar-refractivity contribution in [1.82, 2.24) is 5.32 Å². The Hall–Kier alpha value is -2.70. The van der Waals surface area contributed by atoms with E-state index < -0.39 is 0 Å². The fraction of sp³-hybridized carbons (Fsp3) is 0.238. The molecule has 1 amide bonds. The molecule has 0 saturated carbocycles. The van der Waals surface area contributed by atoms with E-state index in [1.807, 2.05) is 56.3 Å². The van der Waals surface area contributed by atoms with Crippen molar-refractivity contribution in [3.63, 3.8) is 0 Å². The Morgan fingerprint density at radius 3 is 2.59 bits per heavy atom. The van der Waals surface area contributed by atoms with Gasteiger partial charge in [0.1, 0.15) is 11.4 Å². The highest BCUT2D eigenvalue weighted by Gasteiger charge is 2.31. The number of aryl methyl sites for hydroxylation is 1. The van der Waals surface area contributed by atoms with Crippen LogP contribution in [0, 0.1) is 6.92 Å². The first-order valence-corrected chi connectivity index (χ1v) is 9.12. The largest absolute Gasteiger partial charge is 0.496 e. The van der Waals surface area contributed by atoms with Gasteiger partial charge in [-0.15, -0.1) is 0 Å². The predicted octanol–water partition coefficient (Wildman–Crippen LogP) is 3.80. The molecule has 27 heavy (non-hydrogen) atoms. The molecule has 1 aliphatic heterocycles. The van der Waals surface area contributed by atoms with Crippen LogP contribution in [-0.2, 0) is 16.1 Å². The lowest BCUT2D eigenvalue weighted by atomic mass is 10.1. The van der Waals surface area contributed by atoms with Crippen LogP contribution in [0.2, 0.25) is 0 Å². The van der Waals surface area contributed by atoms with Crippen molar-refractivity contribution in [2.24, 2.45) is 0 Å². The summed E-state index contributed by atoms with van der Waals surface area (Å²) in [5, 5.41) is 3.39. The van der Waals surface area contributed by atoms with E-state index in [4.69, 9.17) is 21.7 Å². The molecule has 5 nitrogen and oxygen atoms in total. The molecular weight excluding hydrogens is 360 g/mol. The first-order chi connectivity index (χ1) is 13.0. The van der Waals surface area contributed by atoms with Crippen molar-refractivity contribution in [1.29, 1.82) is 0 Å². The monoisotopic (exact) mass is 382 g/mol. The summed E-state index contributed by atoms with van der Waals surface area (Å²) in [6.07, 6.45) is 1.79. The van der Waals surface area contributed by atoms with Crippen LogP contribution in [0.15, 0.2) is 48.2 Å². The molecule has 3 rings (SSSR count). The van der Waals surface area contributed by atoms with Gasteiger partial charge in [0.2, 0.25) is 0 Å². The number of carbonyl (C=O) groups excluding carboxylic acids is 1. The standard InChI is InChI=1S/C21H22N2O3S/c1-4-26-13-16-11-15(7-10-19(16)25-3)12-18-20(24)23(21(27)22-18)17-8-5-14(2)6-9-17/h5-12H,4,13H2,1-3H3,(H,22,27). The van der Waals surface area contributed by atoms with Gasteiger partial charge in [0.15, 0.2) is 5.11 Å². The van der Waals surface area contributed by atoms with Crippen LogP contribution in [0.1, 0.15) is 23.6 Å². The summed E-state index contributed by atoms with van der Waals surface area (Å²) in [5.41, 5.74) is 4.11. The molecule has 1 heterocycles. The van der Waals surface area contributed by atoms with Crippen molar-refractivity contribution < 1.29 is 14.3 Å². The summed E-state index contributed by atoms with van der Waals surface area (Å²) in [6, 6.07) is 13.4. The molecular formula is C21H22N2O3S. The topological polar surface area (TPSA) is 50.8 Å². The highest BCUT2D eigenvalue weighted by atomic mass is 32.1. The maximum Gasteiger partial charge on any atom is 0.281 e. The summed E-state index contributed by atoms with van der Waals surface area (Å²) in [4.78, 5) is 14.3. The number of nitrogens with zero attached hydrogens (tertiary/aromatic N) is 1. The minimum atomic E-state index is -0.175. The summed E-state index contributed by atoms with van der Waals surface area (Å²) in [6.45, 7) is 5.02. The highest BCUT2D eigenvalue weighted by molar-refractivity contribution is 7.80. The summed E-state index contributed by atoms with van der Waals surface area (Å²) in [5.74, 6) is 0.583. The summed E-state index contributed by atoms with van der Waals surface area (Å²) < 4.78 is 10.9. The van der Waals surface area contributed by atoms with Crippen LogP contribution in [-0.4, -0.2) is 24.7 Å². The van der Waals surface area contributed by atoms with Crippen LogP contribution >= 0.6 is 12.2 Å². The fourth-order valence-corrected chi connectivity index (χ4v) is 3.14. The Bertz CT molecular complexity index is 891. The molecule has 0 spiro atoms. The van der Waals surface area contributed by atoms with Crippen molar-refractivity contribution in [3.05, 3.63) is 64.9 Å². The van der Waals surface area contributed by atoms with Crippen molar-refractivity contribution in [2.45, 2.75) is 20.5 Å². The number of hydrogen-bond donors (Lipinski definition) is 1. The third kappa shape index (κ3) is 4.18. The molecule has 0 atom stereocenters. The molecule has 1 saturated heterocycles. The zero-order chi connectivity index (χ0) is 19.4. The van der Waals surface area contributed by atoms with E-state index in [0.29, 0.717) is 24.0 Å². The number of rotatable bonds is 6. The van der Waals surface area contributed by atoms with E-state index in [1.54, 1.807) is 13.2 Å². The van der Waals surface area contributed by atoms with Gasteiger partial charge in [-0.2, -0.15) is 0 Å². The first kappa shape index (κ1) is 19.1. The number of methoxy groups -OCH3 is 1. The third-order valence-corrected chi connectivity index (χ3v) is 4.53. The Balaban J connectivity index is 1.88. The van der Waals surface area contributed by atoms with E-state index in [2.05, 4.69) is 5.32 Å². The lowest BCUT2D eigenvalue weighted by Gasteiger charge is -2.14. The second-order valence-electron chi connectivity index (χ2n) is 6.17. The van der Waals surface area contributed by atoms with Gasteiger partial charge in [0.25, 0.3) is 5.91 Å². The molecule has 2 aromatic carbocycles. The van der Waals surface area contributed by atoms with Gasteiger partial charge >= 0.3 is 0 Å². The number of carbonyl (C=O) groups is 1. The maximum absolute atomic E-state index is 12.8. The molecule has 140 valence electrons. The van der Waals surface area contributed by atoms with Gasteiger partial charge in [0.05, 0.1) is 19.4 Å².